The van der Waals surface area contributed by atoms with Crippen LogP contribution < -0.4 is 24.4 Å². The van der Waals surface area contributed by atoms with Gasteiger partial charge < -0.3 is 14.2 Å². The molecule has 5 aliphatic rings. The number of rotatable bonds is 7. The summed E-state index contributed by atoms with van der Waals surface area (Å²) in [5.41, 5.74) is 1.76. The van der Waals surface area contributed by atoms with E-state index in [2.05, 4.69) is 4.99 Å². The Kier molecular flexibility index (Phi) is 7.31. The molecule has 0 radical (unpaired) electrons. The summed E-state index contributed by atoms with van der Waals surface area (Å²) in [5, 5.41) is 0. The lowest BCUT2D eigenvalue weighted by Gasteiger charge is -2.55. The van der Waals surface area contributed by atoms with Gasteiger partial charge in [0.2, 0.25) is 0 Å². The van der Waals surface area contributed by atoms with Crippen LogP contribution in [0.3, 0.4) is 0 Å². The normalized spacial score (nSPS) is 27.1. The number of esters is 2. The van der Waals surface area contributed by atoms with Crippen LogP contribution in [0.4, 0.5) is 0 Å². The number of thiazole rings is 1. The van der Waals surface area contributed by atoms with Crippen molar-refractivity contribution < 1.29 is 23.8 Å². The molecule has 4 fully saturated rings. The van der Waals surface area contributed by atoms with Crippen LogP contribution >= 0.6 is 11.3 Å². The first kappa shape index (κ1) is 28.8. The van der Waals surface area contributed by atoms with Crippen LogP contribution in [0, 0.1) is 23.2 Å². The predicted octanol–water partition coefficient (Wildman–Crippen LogP) is 4.93. The standard InChI is InChI=1S/C35H36N2O6S/c1-4-42-32(39)29-20(2)36-34-37(30(29)25-8-6-5-7-9-25)31(38)28(44-34)16-21-10-11-26(27(15-21)41-3)43-33(40)35-17-22-12-23(18-35)14-24(13-22)19-35/h5-11,15-16,22-24,30H,4,12-14,17-19H2,1-3H3/b28-16+/t22?,23?,24?,30-,35?/m1/s1. The van der Waals surface area contributed by atoms with Gasteiger partial charge in [-0.25, -0.2) is 9.79 Å². The van der Waals surface area contributed by atoms with E-state index in [4.69, 9.17) is 14.2 Å². The minimum Gasteiger partial charge on any atom is -0.493 e. The number of ether oxygens (including phenoxy) is 3. The molecule has 9 heteroatoms. The zero-order chi connectivity index (χ0) is 30.6. The lowest BCUT2D eigenvalue weighted by molar-refractivity contribution is -0.161. The maximum absolute atomic E-state index is 13.9. The van der Waals surface area contributed by atoms with E-state index in [-0.39, 0.29) is 23.6 Å². The molecule has 0 N–H and O–H groups in total. The van der Waals surface area contributed by atoms with Gasteiger partial charge >= 0.3 is 11.9 Å². The molecule has 3 aromatic rings. The highest BCUT2D eigenvalue weighted by atomic mass is 32.1. The van der Waals surface area contributed by atoms with Crippen molar-refractivity contribution in [2.75, 3.05) is 13.7 Å². The van der Waals surface area contributed by atoms with Crippen molar-refractivity contribution in [3.63, 3.8) is 0 Å². The Morgan fingerprint density at radius 1 is 1.02 bits per heavy atom. The fraction of sp³-hybridized carbons (Fsp3) is 0.429. The highest BCUT2D eigenvalue weighted by Gasteiger charge is 2.55. The van der Waals surface area contributed by atoms with Gasteiger partial charge in [-0.15, -0.1) is 0 Å². The van der Waals surface area contributed by atoms with E-state index in [1.54, 1.807) is 43.7 Å². The van der Waals surface area contributed by atoms with Crippen molar-refractivity contribution in [3.8, 4) is 11.5 Å². The van der Waals surface area contributed by atoms with E-state index in [0.29, 0.717) is 49.9 Å². The van der Waals surface area contributed by atoms with E-state index < -0.39 is 12.0 Å². The van der Waals surface area contributed by atoms with Crippen LogP contribution in [-0.2, 0) is 14.3 Å². The first-order chi connectivity index (χ1) is 21.3. The third-order valence-electron chi connectivity index (χ3n) is 9.79. The number of nitrogens with zero attached hydrogens (tertiary/aromatic N) is 2. The fourth-order valence-electron chi connectivity index (χ4n) is 8.32. The van der Waals surface area contributed by atoms with E-state index in [1.165, 1.54) is 30.6 Å². The summed E-state index contributed by atoms with van der Waals surface area (Å²) in [5.74, 6) is 2.14. The third-order valence-corrected chi connectivity index (χ3v) is 10.8. The summed E-state index contributed by atoms with van der Waals surface area (Å²) in [7, 11) is 1.55. The molecule has 8 rings (SSSR count). The number of hydrogen-bond acceptors (Lipinski definition) is 8. The van der Waals surface area contributed by atoms with E-state index >= 15 is 0 Å². The second kappa shape index (κ2) is 11.2. The number of benzene rings is 2. The number of fused-ring (bicyclic) bond motifs is 1. The average Bonchev–Trinajstić information content (AvgIpc) is 3.30. The second-order valence-electron chi connectivity index (χ2n) is 12.7. The Labute approximate surface area is 259 Å². The molecule has 228 valence electrons. The number of allylic oxidation sites excluding steroid dienone is 1. The van der Waals surface area contributed by atoms with Gasteiger partial charge in [0.25, 0.3) is 5.56 Å². The quantitative estimate of drug-likeness (QED) is 0.278. The zero-order valence-corrected chi connectivity index (χ0v) is 26.0. The monoisotopic (exact) mass is 612 g/mol. The fourth-order valence-corrected chi connectivity index (χ4v) is 9.37. The Morgan fingerprint density at radius 2 is 1.70 bits per heavy atom. The highest BCUT2D eigenvalue weighted by Crippen LogP contribution is 2.60. The Bertz CT molecular complexity index is 1820. The van der Waals surface area contributed by atoms with Crippen LogP contribution in [0.25, 0.3) is 6.08 Å². The summed E-state index contributed by atoms with van der Waals surface area (Å²) in [6.45, 7) is 3.75. The Balaban J connectivity index is 1.22. The first-order valence-electron chi connectivity index (χ1n) is 15.4. The minimum atomic E-state index is -0.658. The van der Waals surface area contributed by atoms with Gasteiger partial charge in [0.15, 0.2) is 16.3 Å². The molecule has 2 aromatic carbocycles. The van der Waals surface area contributed by atoms with Crippen molar-refractivity contribution in [3.05, 3.63) is 90.6 Å². The molecule has 0 spiro atoms. The summed E-state index contributed by atoms with van der Waals surface area (Å²) in [4.78, 5) is 45.7. The van der Waals surface area contributed by atoms with Gasteiger partial charge in [-0.3, -0.25) is 14.2 Å². The van der Waals surface area contributed by atoms with Crippen molar-refractivity contribution in [2.24, 2.45) is 28.2 Å². The van der Waals surface area contributed by atoms with Crippen LogP contribution in [0.15, 0.2) is 69.6 Å². The molecule has 1 aliphatic heterocycles. The van der Waals surface area contributed by atoms with Gasteiger partial charge in [0.1, 0.15) is 0 Å². The van der Waals surface area contributed by atoms with Crippen molar-refractivity contribution >= 4 is 29.4 Å². The molecule has 0 unspecified atom stereocenters. The summed E-state index contributed by atoms with van der Waals surface area (Å²) in [6.07, 6.45) is 8.34. The maximum atomic E-state index is 13.9. The van der Waals surface area contributed by atoms with E-state index in [1.807, 2.05) is 36.4 Å². The van der Waals surface area contributed by atoms with Crippen molar-refractivity contribution in [1.82, 2.24) is 4.57 Å². The third kappa shape index (κ3) is 4.91. The average molecular weight is 613 g/mol. The predicted molar refractivity (Wildman–Crippen MR) is 166 cm³/mol. The molecule has 4 saturated carbocycles. The molecule has 0 amide bonds. The molecule has 1 atom stereocenters. The number of methoxy groups -OCH3 is 1. The number of hydrogen-bond donors (Lipinski definition) is 0. The minimum absolute atomic E-state index is 0.135. The lowest BCUT2D eigenvalue weighted by Crippen LogP contribution is -2.51. The largest absolute Gasteiger partial charge is 0.493 e. The van der Waals surface area contributed by atoms with Gasteiger partial charge in [-0.05, 0) is 99.5 Å². The summed E-state index contributed by atoms with van der Waals surface area (Å²) < 4.78 is 19.1. The highest BCUT2D eigenvalue weighted by molar-refractivity contribution is 7.07. The van der Waals surface area contributed by atoms with Gasteiger partial charge in [-0.2, -0.15) is 0 Å². The van der Waals surface area contributed by atoms with Crippen LogP contribution in [0.1, 0.15) is 69.5 Å². The molecule has 8 nitrogen and oxygen atoms in total. The summed E-state index contributed by atoms with van der Waals surface area (Å²) in [6, 6.07) is 14.1. The molecule has 4 bridgehead atoms. The number of aromatic nitrogens is 1. The molecule has 2 heterocycles. The van der Waals surface area contributed by atoms with Crippen LogP contribution in [0.5, 0.6) is 11.5 Å². The van der Waals surface area contributed by atoms with Crippen molar-refractivity contribution in [1.29, 1.82) is 0 Å². The van der Waals surface area contributed by atoms with Crippen molar-refractivity contribution in [2.45, 2.75) is 58.4 Å². The molecule has 1 aromatic heterocycles. The summed E-state index contributed by atoms with van der Waals surface area (Å²) >= 11 is 1.26. The Hall–Kier alpha value is -3.98. The lowest BCUT2D eigenvalue weighted by atomic mass is 9.49. The smallest absolute Gasteiger partial charge is 0.338 e. The number of carbonyl (C=O) groups excluding carboxylic acids is 2. The van der Waals surface area contributed by atoms with Crippen LogP contribution in [-0.4, -0.2) is 30.2 Å². The molecule has 44 heavy (non-hydrogen) atoms. The maximum Gasteiger partial charge on any atom is 0.338 e. The first-order valence-corrected chi connectivity index (χ1v) is 16.2. The van der Waals surface area contributed by atoms with Gasteiger partial charge in [-0.1, -0.05) is 47.7 Å². The van der Waals surface area contributed by atoms with Crippen LogP contribution in [0.2, 0.25) is 0 Å². The second-order valence-corrected chi connectivity index (χ2v) is 13.7. The molecule has 4 aliphatic carbocycles. The Morgan fingerprint density at radius 3 is 2.34 bits per heavy atom. The van der Waals surface area contributed by atoms with E-state index in [9.17, 15) is 14.4 Å². The number of carbonyl (C=O) groups is 2. The topological polar surface area (TPSA) is 96.2 Å². The molecular formula is C35H36N2O6S. The SMILES string of the molecule is CCOC(=O)C1=C(C)N=c2s/c(=C/c3ccc(OC(=O)C45CC6CC(CC(C6)C4)C5)c(OC)c3)c(=O)n2[C@@H]1c1ccccc1. The molecular weight excluding hydrogens is 576 g/mol. The van der Waals surface area contributed by atoms with E-state index in [0.717, 1.165) is 30.4 Å². The zero-order valence-electron chi connectivity index (χ0n) is 25.2. The van der Waals surface area contributed by atoms with Gasteiger partial charge in [0, 0.05) is 0 Å². The molecule has 0 saturated heterocycles. The van der Waals surface area contributed by atoms with Gasteiger partial charge in [0.05, 0.1) is 41.0 Å².